The first-order valence-electron chi connectivity index (χ1n) is 8.66. The van der Waals surface area contributed by atoms with Gasteiger partial charge in [0, 0.05) is 6.61 Å². The Hall–Kier alpha value is -0.340. The fraction of sp³-hybridized carbons (Fsp3) is 0.895. The predicted octanol–water partition coefficient (Wildman–Crippen LogP) is 4.31. The molecule has 0 saturated heterocycles. The van der Waals surface area contributed by atoms with E-state index in [2.05, 4.69) is 26.8 Å². The first-order chi connectivity index (χ1) is 9.62. The summed E-state index contributed by atoms with van der Waals surface area (Å²) in [7, 11) is 0. The highest BCUT2D eigenvalue weighted by Crippen LogP contribution is 2.58. The Morgan fingerprint density at radius 1 is 1.29 bits per heavy atom. The first-order valence-corrected chi connectivity index (χ1v) is 8.66. The lowest BCUT2D eigenvalue weighted by Gasteiger charge is -2.54. The predicted molar refractivity (Wildman–Crippen MR) is 88.0 cm³/mol. The first kappa shape index (κ1) is 17.0. The van der Waals surface area contributed by atoms with Crippen molar-refractivity contribution < 1.29 is 10.2 Å². The van der Waals surface area contributed by atoms with Gasteiger partial charge in [0.1, 0.15) is 0 Å². The highest BCUT2D eigenvalue weighted by atomic mass is 16.3. The zero-order chi connectivity index (χ0) is 15.9. The van der Waals surface area contributed by atoms with Crippen molar-refractivity contribution >= 4 is 0 Å². The number of aliphatic hydroxyl groups is 2. The van der Waals surface area contributed by atoms with Crippen LogP contribution >= 0.6 is 0 Å². The van der Waals surface area contributed by atoms with E-state index in [1.165, 1.54) is 12.8 Å². The maximum atomic E-state index is 10.1. The quantitative estimate of drug-likeness (QED) is 0.759. The summed E-state index contributed by atoms with van der Waals surface area (Å²) in [4.78, 5) is 0. The van der Waals surface area contributed by atoms with Crippen molar-refractivity contribution in [2.24, 2.45) is 22.7 Å². The van der Waals surface area contributed by atoms with Crippen LogP contribution in [0, 0.1) is 22.7 Å². The van der Waals surface area contributed by atoms with Gasteiger partial charge in [-0.2, -0.15) is 0 Å². The summed E-state index contributed by atoms with van der Waals surface area (Å²) in [6.07, 6.45) is 8.99. The number of rotatable bonds is 4. The van der Waals surface area contributed by atoms with Crippen LogP contribution < -0.4 is 0 Å². The van der Waals surface area contributed by atoms with Crippen LogP contribution in [0.3, 0.4) is 0 Å². The molecular weight excluding hydrogens is 260 g/mol. The van der Waals surface area contributed by atoms with Gasteiger partial charge >= 0.3 is 0 Å². The molecule has 0 aromatic carbocycles. The van der Waals surface area contributed by atoms with Gasteiger partial charge in [-0.25, -0.2) is 0 Å². The monoisotopic (exact) mass is 294 g/mol. The van der Waals surface area contributed by atoms with Crippen molar-refractivity contribution in [2.75, 3.05) is 6.61 Å². The summed E-state index contributed by atoms with van der Waals surface area (Å²) in [6, 6.07) is 0. The Morgan fingerprint density at radius 3 is 2.52 bits per heavy atom. The fourth-order valence-corrected chi connectivity index (χ4v) is 4.55. The minimum Gasteiger partial charge on any atom is -0.396 e. The van der Waals surface area contributed by atoms with Gasteiger partial charge in [-0.15, -0.1) is 0 Å². The van der Waals surface area contributed by atoms with Gasteiger partial charge in [0.2, 0.25) is 0 Å². The summed E-state index contributed by atoms with van der Waals surface area (Å²) >= 11 is 0. The average molecular weight is 294 g/mol. The molecule has 4 atom stereocenters. The van der Waals surface area contributed by atoms with E-state index in [0.717, 1.165) is 25.7 Å². The Balaban J connectivity index is 2.29. The molecule has 2 nitrogen and oxygen atoms in total. The van der Waals surface area contributed by atoms with Crippen LogP contribution in [0.5, 0.6) is 0 Å². The minimum absolute atomic E-state index is 0.0558. The molecule has 0 aliphatic heterocycles. The van der Waals surface area contributed by atoms with Crippen LogP contribution in [-0.2, 0) is 0 Å². The number of allylic oxidation sites excluding steroid dienone is 2. The van der Waals surface area contributed by atoms with Gasteiger partial charge in [0.25, 0.3) is 0 Å². The molecule has 0 aromatic rings. The summed E-state index contributed by atoms with van der Waals surface area (Å²) in [5.41, 5.74) is 1.22. The second kappa shape index (κ2) is 5.70. The van der Waals surface area contributed by atoms with Crippen molar-refractivity contribution in [3.8, 4) is 0 Å². The zero-order valence-electron chi connectivity index (χ0n) is 14.6. The Labute approximate surface area is 130 Å². The molecule has 1 fully saturated rings. The molecule has 0 heterocycles. The average Bonchev–Trinajstić information content (AvgIpc) is 2.41. The molecular formula is C19H34O2. The second-order valence-electron chi connectivity index (χ2n) is 8.77. The van der Waals surface area contributed by atoms with E-state index in [1.54, 1.807) is 5.57 Å². The third-order valence-corrected chi connectivity index (χ3v) is 6.55. The van der Waals surface area contributed by atoms with Crippen LogP contribution in [0.4, 0.5) is 0 Å². The highest BCUT2D eigenvalue weighted by molar-refractivity contribution is 5.26. The van der Waals surface area contributed by atoms with Crippen molar-refractivity contribution in [3.63, 3.8) is 0 Å². The molecule has 0 spiro atoms. The Kier molecular flexibility index (Phi) is 4.62. The largest absolute Gasteiger partial charge is 0.396 e. The lowest BCUT2D eigenvalue weighted by molar-refractivity contribution is 0.00995. The number of fused-ring (bicyclic) bond motifs is 1. The lowest BCUT2D eigenvalue weighted by Crippen LogP contribution is -2.46. The molecule has 122 valence electrons. The van der Waals surface area contributed by atoms with Crippen molar-refractivity contribution in [1.82, 2.24) is 0 Å². The summed E-state index contributed by atoms with van der Waals surface area (Å²) in [6.45, 7) is 11.1. The van der Waals surface area contributed by atoms with Crippen LogP contribution in [0.2, 0.25) is 0 Å². The van der Waals surface area contributed by atoms with Gasteiger partial charge in [0.05, 0.1) is 5.60 Å². The Morgan fingerprint density at radius 2 is 1.95 bits per heavy atom. The second-order valence-corrected chi connectivity index (χ2v) is 8.77. The van der Waals surface area contributed by atoms with Crippen molar-refractivity contribution in [1.29, 1.82) is 0 Å². The van der Waals surface area contributed by atoms with E-state index in [-0.39, 0.29) is 10.8 Å². The molecule has 0 amide bonds. The minimum atomic E-state index is -0.592. The molecule has 0 unspecified atom stereocenters. The van der Waals surface area contributed by atoms with E-state index in [9.17, 15) is 10.2 Å². The lowest BCUT2D eigenvalue weighted by atomic mass is 9.51. The molecule has 2 aliphatic rings. The molecule has 2 N–H and O–H groups in total. The normalized spacial score (nSPS) is 40.6. The summed E-state index contributed by atoms with van der Waals surface area (Å²) in [5.74, 6) is 1.18. The summed E-state index contributed by atoms with van der Waals surface area (Å²) < 4.78 is 0. The van der Waals surface area contributed by atoms with Crippen LogP contribution in [0.15, 0.2) is 11.6 Å². The van der Waals surface area contributed by atoms with Gasteiger partial charge in [-0.05, 0) is 75.0 Å². The van der Waals surface area contributed by atoms with Crippen molar-refractivity contribution in [3.05, 3.63) is 11.6 Å². The van der Waals surface area contributed by atoms with Gasteiger partial charge in [0.15, 0.2) is 0 Å². The molecule has 2 heteroatoms. The highest BCUT2D eigenvalue weighted by Gasteiger charge is 2.49. The SMILES string of the molecule is C[C@@H]1CC[C@H]2C(=CCC[C@]2(C)CO)[C@@]1(C)CCC(C)(C)O. The zero-order valence-corrected chi connectivity index (χ0v) is 14.6. The number of hydrogen-bond donors (Lipinski definition) is 2. The van der Waals surface area contributed by atoms with Crippen molar-refractivity contribution in [2.45, 2.75) is 78.7 Å². The third kappa shape index (κ3) is 3.22. The number of hydrogen-bond acceptors (Lipinski definition) is 2. The van der Waals surface area contributed by atoms with Gasteiger partial charge < -0.3 is 10.2 Å². The van der Waals surface area contributed by atoms with E-state index in [0.29, 0.717) is 18.4 Å². The molecule has 1 saturated carbocycles. The molecule has 0 aromatic heterocycles. The third-order valence-electron chi connectivity index (χ3n) is 6.55. The van der Waals surface area contributed by atoms with Crippen LogP contribution in [0.1, 0.15) is 73.1 Å². The van der Waals surface area contributed by atoms with E-state index < -0.39 is 5.60 Å². The van der Waals surface area contributed by atoms with E-state index in [1.807, 2.05) is 13.8 Å². The summed E-state index contributed by atoms with van der Waals surface area (Å²) in [5, 5.41) is 20.1. The molecule has 21 heavy (non-hydrogen) atoms. The topological polar surface area (TPSA) is 40.5 Å². The molecule has 0 radical (unpaired) electrons. The number of aliphatic hydroxyl groups excluding tert-OH is 1. The smallest absolute Gasteiger partial charge is 0.0592 e. The van der Waals surface area contributed by atoms with E-state index >= 15 is 0 Å². The fourth-order valence-electron chi connectivity index (χ4n) is 4.55. The maximum Gasteiger partial charge on any atom is 0.0592 e. The van der Waals surface area contributed by atoms with Crippen LogP contribution in [-0.4, -0.2) is 22.4 Å². The molecule has 0 bridgehead atoms. The Bertz CT molecular complexity index is 406. The van der Waals surface area contributed by atoms with Gasteiger partial charge in [-0.1, -0.05) is 32.4 Å². The van der Waals surface area contributed by atoms with Crippen LogP contribution in [0.25, 0.3) is 0 Å². The van der Waals surface area contributed by atoms with Gasteiger partial charge in [-0.3, -0.25) is 0 Å². The maximum absolute atomic E-state index is 10.1. The standard InChI is InChI=1S/C19H34O2/c1-14-8-9-15-16(7-6-10-18(15,4)13-20)19(14,5)12-11-17(2,3)21/h7,14-15,20-21H,6,8-13H2,1-5H3/t14-,15+,18-,19+/m1/s1. The van der Waals surface area contributed by atoms with E-state index in [4.69, 9.17) is 0 Å². The molecule has 2 aliphatic carbocycles. The molecule has 2 rings (SSSR count).